The number of hydrogen-bond donors (Lipinski definition) is 1. The molecule has 1 heteroatoms. The van der Waals surface area contributed by atoms with Crippen molar-refractivity contribution >= 4 is 10.9 Å². The van der Waals surface area contributed by atoms with Gasteiger partial charge in [0.25, 0.3) is 0 Å². The fourth-order valence-corrected chi connectivity index (χ4v) is 2.63. The highest BCUT2D eigenvalue weighted by Gasteiger charge is 2.10. The van der Waals surface area contributed by atoms with Crippen LogP contribution >= 0.6 is 0 Å². The van der Waals surface area contributed by atoms with Gasteiger partial charge in [-0.1, -0.05) is 31.9 Å². The number of nitrogens with one attached hydrogen (secondary N) is 1. The van der Waals surface area contributed by atoms with Crippen LogP contribution in [-0.4, -0.2) is 4.98 Å². The standard InChI is InChI=1S/C15H21N/c1-5-7-14-12(6-2)13-9-10(3)8-11(4)15(13)16-14/h8-9,16H,5-7H2,1-4H3. The first-order chi connectivity index (χ1) is 7.67. The summed E-state index contributed by atoms with van der Waals surface area (Å²) in [5.41, 5.74) is 7.03. The summed E-state index contributed by atoms with van der Waals surface area (Å²) in [6.45, 7) is 8.86. The molecule has 0 spiro atoms. The zero-order chi connectivity index (χ0) is 11.7. The maximum absolute atomic E-state index is 3.61. The minimum absolute atomic E-state index is 1.12. The molecule has 0 saturated carbocycles. The van der Waals surface area contributed by atoms with E-state index >= 15 is 0 Å². The molecule has 86 valence electrons. The Bertz CT molecular complexity index is 506. The van der Waals surface area contributed by atoms with Crippen molar-refractivity contribution in [3.8, 4) is 0 Å². The van der Waals surface area contributed by atoms with Crippen LogP contribution in [0.3, 0.4) is 0 Å². The topological polar surface area (TPSA) is 15.8 Å². The molecule has 2 aromatic rings. The van der Waals surface area contributed by atoms with Crippen LogP contribution in [0.25, 0.3) is 10.9 Å². The molecule has 1 nitrogen and oxygen atoms in total. The Morgan fingerprint density at radius 1 is 1.12 bits per heavy atom. The minimum atomic E-state index is 1.12. The van der Waals surface area contributed by atoms with Crippen LogP contribution < -0.4 is 0 Å². The van der Waals surface area contributed by atoms with Gasteiger partial charge in [-0.2, -0.15) is 0 Å². The quantitative estimate of drug-likeness (QED) is 0.785. The average Bonchev–Trinajstić information content (AvgIpc) is 2.56. The molecular formula is C15H21N. The summed E-state index contributed by atoms with van der Waals surface area (Å²) in [6.07, 6.45) is 3.49. The second-order valence-corrected chi connectivity index (χ2v) is 4.69. The van der Waals surface area contributed by atoms with E-state index in [2.05, 4.69) is 44.8 Å². The molecule has 1 aromatic heterocycles. The molecule has 1 aromatic carbocycles. The number of hydrogen-bond acceptors (Lipinski definition) is 0. The molecule has 1 heterocycles. The lowest BCUT2D eigenvalue weighted by molar-refractivity contribution is 0.877. The molecule has 0 amide bonds. The highest BCUT2D eigenvalue weighted by molar-refractivity contribution is 5.88. The molecule has 0 aliphatic rings. The Morgan fingerprint density at radius 2 is 1.88 bits per heavy atom. The second kappa shape index (κ2) is 4.32. The Morgan fingerprint density at radius 3 is 2.50 bits per heavy atom. The SMILES string of the molecule is CCCc1[nH]c2c(C)cc(C)cc2c1CC. The van der Waals surface area contributed by atoms with Gasteiger partial charge in [0, 0.05) is 16.6 Å². The summed E-state index contributed by atoms with van der Waals surface area (Å²) in [5.74, 6) is 0. The molecule has 0 saturated heterocycles. The van der Waals surface area contributed by atoms with E-state index in [-0.39, 0.29) is 0 Å². The summed E-state index contributed by atoms with van der Waals surface area (Å²) >= 11 is 0. The highest BCUT2D eigenvalue weighted by Crippen LogP contribution is 2.27. The van der Waals surface area contributed by atoms with Gasteiger partial charge in [-0.3, -0.25) is 0 Å². The first kappa shape index (κ1) is 11.3. The number of fused-ring (bicyclic) bond motifs is 1. The lowest BCUT2D eigenvalue weighted by Crippen LogP contribution is -1.89. The van der Waals surface area contributed by atoms with Crippen LogP contribution in [-0.2, 0) is 12.8 Å². The van der Waals surface area contributed by atoms with Crippen molar-refractivity contribution in [1.29, 1.82) is 0 Å². The third-order valence-electron chi connectivity index (χ3n) is 3.30. The zero-order valence-corrected chi connectivity index (χ0v) is 10.8. The zero-order valence-electron chi connectivity index (χ0n) is 10.8. The monoisotopic (exact) mass is 215 g/mol. The molecule has 0 atom stereocenters. The van der Waals surface area contributed by atoms with Crippen molar-refractivity contribution < 1.29 is 0 Å². The predicted octanol–water partition coefficient (Wildman–Crippen LogP) is 4.30. The Hall–Kier alpha value is -1.24. The van der Waals surface area contributed by atoms with Crippen LogP contribution in [0, 0.1) is 13.8 Å². The lowest BCUT2D eigenvalue weighted by Gasteiger charge is -2.01. The van der Waals surface area contributed by atoms with Crippen molar-refractivity contribution in [2.75, 3.05) is 0 Å². The van der Waals surface area contributed by atoms with Crippen LogP contribution in [0.5, 0.6) is 0 Å². The molecule has 0 aliphatic carbocycles. The fraction of sp³-hybridized carbons (Fsp3) is 0.467. The van der Waals surface area contributed by atoms with E-state index in [1.807, 2.05) is 0 Å². The minimum Gasteiger partial charge on any atom is -0.358 e. The maximum Gasteiger partial charge on any atom is 0.0488 e. The van der Waals surface area contributed by atoms with Crippen LogP contribution in [0.2, 0.25) is 0 Å². The van der Waals surface area contributed by atoms with Gasteiger partial charge >= 0.3 is 0 Å². The Kier molecular flexibility index (Phi) is 3.04. The van der Waals surface area contributed by atoms with Gasteiger partial charge in [-0.05, 0) is 43.9 Å². The largest absolute Gasteiger partial charge is 0.358 e. The summed E-state index contributed by atoms with van der Waals surface area (Å²) < 4.78 is 0. The van der Waals surface area contributed by atoms with Gasteiger partial charge in [0.1, 0.15) is 0 Å². The summed E-state index contributed by atoms with van der Waals surface area (Å²) in [4.78, 5) is 3.61. The molecule has 0 unspecified atom stereocenters. The van der Waals surface area contributed by atoms with E-state index in [1.165, 1.54) is 39.7 Å². The first-order valence-corrected chi connectivity index (χ1v) is 6.28. The van der Waals surface area contributed by atoms with E-state index in [4.69, 9.17) is 0 Å². The van der Waals surface area contributed by atoms with Crippen molar-refractivity contribution in [3.63, 3.8) is 0 Å². The molecule has 0 fully saturated rings. The van der Waals surface area contributed by atoms with Crippen molar-refractivity contribution in [2.24, 2.45) is 0 Å². The van der Waals surface area contributed by atoms with Crippen molar-refractivity contribution in [2.45, 2.75) is 47.0 Å². The van der Waals surface area contributed by atoms with E-state index in [0.29, 0.717) is 0 Å². The van der Waals surface area contributed by atoms with Crippen LogP contribution in [0.15, 0.2) is 12.1 Å². The predicted molar refractivity (Wildman–Crippen MR) is 71.1 cm³/mol. The molecule has 0 aliphatic heterocycles. The van der Waals surface area contributed by atoms with E-state index in [0.717, 1.165) is 12.8 Å². The second-order valence-electron chi connectivity index (χ2n) is 4.69. The molecule has 2 rings (SSSR count). The van der Waals surface area contributed by atoms with Crippen molar-refractivity contribution in [3.05, 3.63) is 34.5 Å². The van der Waals surface area contributed by atoms with E-state index < -0.39 is 0 Å². The van der Waals surface area contributed by atoms with Gasteiger partial charge in [0.15, 0.2) is 0 Å². The molecule has 0 radical (unpaired) electrons. The molecule has 1 N–H and O–H groups in total. The third-order valence-corrected chi connectivity index (χ3v) is 3.30. The van der Waals surface area contributed by atoms with Gasteiger partial charge < -0.3 is 4.98 Å². The van der Waals surface area contributed by atoms with Crippen LogP contribution in [0.4, 0.5) is 0 Å². The molecule has 16 heavy (non-hydrogen) atoms. The Balaban J connectivity index is 2.71. The highest BCUT2D eigenvalue weighted by atomic mass is 14.7. The number of rotatable bonds is 3. The summed E-state index contributed by atoms with van der Waals surface area (Å²) in [5, 5.41) is 1.43. The number of H-pyrrole nitrogens is 1. The fourth-order valence-electron chi connectivity index (χ4n) is 2.63. The average molecular weight is 215 g/mol. The number of aromatic amines is 1. The van der Waals surface area contributed by atoms with Gasteiger partial charge in [-0.25, -0.2) is 0 Å². The normalized spacial score (nSPS) is 11.2. The smallest absolute Gasteiger partial charge is 0.0488 e. The lowest BCUT2D eigenvalue weighted by atomic mass is 10.0. The van der Waals surface area contributed by atoms with Gasteiger partial charge in [-0.15, -0.1) is 0 Å². The van der Waals surface area contributed by atoms with Gasteiger partial charge in [0.05, 0.1) is 0 Å². The van der Waals surface area contributed by atoms with Gasteiger partial charge in [0.2, 0.25) is 0 Å². The number of aryl methyl sites for hydroxylation is 4. The number of benzene rings is 1. The molecule has 0 bridgehead atoms. The summed E-state index contributed by atoms with van der Waals surface area (Å²) in [7, 11) is 0. The first-order valence-electron chi connectivity index (χ1n) is 6.28. The van der Waals surface area contributed by atoms with E-state index in [9.17, 15) is 0 Å². The summed E-state index contributed by atoms with van der Waals surface area (Å²) in [6, 6.07) is 4.57. The van der Waals surface area contributed by atoms with E-state index in [1.54, 1.807) is 0 Å². The molecular weight excluding hydrogens is 194 g/mol. The third kappa shape index (κ3) is 1.75. The maximum atomic E-state index is 3.61. The van der Waals surface area contributed by atoms with Crippen LogP contribution in [0.1, 0.15) is 42.7 Å². The van der Waals surface area contributed by atoms with Crippen molar-refractivity contribution in [1.82, 2.24) is 4.98 Å². The Labute approximate surface area is 97.9 Å². The number of aromatic nitrogens is 1.